The number of hydrogen-bond acceptors (Lipinski definition) is 4. The maximum Gasteiger partial charge on any atom is 0.228 e. The maximum absolute atomic E-state index is 12.4. The molecule has 4 nitrogen and oxygen atoms in total. The Kier molecular flexibility index (Phi) is 4.78. The number of carbonyl (C=O) groups excluding carboxylic acids is 1. The normalized spacial score (nSPS) is 20.9. The van der Waals surface area contributed by atoms with Gasteiger partial charge in [0, 0.05) is 24.9 Å². The van der Waals surface area contributed by atoms with Crippen molar-refractivity contribution in [2.24, 2.45) is 11.1 Å². The van der Waals surface area contributed by atoms with E-state index in [1.807, 2.05) is 28.5 Å². The zero-order valence-electron chi connectivity index (χ0n) is 13.5. The predicted octanol–water partition coefficient (Wildman–Crippen LogP) is 2.47. The van der Waals surface area contributed by atoms with E-state index in [4.69, 9.17) is 5.73 Å². The van der Waals surface area contributed by atoms with E-state index in [9.17, 15) is 4.79 Å². The largest absolute Gasteiger partial charge is 0.342 e. The monoisotopic (exact) mass is 329 g/mol. The molecular formula is C18H23N3OS. The molecule has 1 amide bonds. The van der Waals surface area contributed by atoms with Crippen LogP contribution in [0.4, 0.5) is 0 Å². The molecule has 3 rings (SSSR count). The summed E-state index contributed by atoms with van der Waals surface area (Å²) in [6, 6.07) is 10.3. The molecule has 1 aliphatic rings. The summed E-state index contributed by atoms with van der Waals surface area (Å²) in [6.45, 7) is 4.37. The van der Waals surface area contributed by atoms with Crippen LogP contribution in [0.25, 0.3) is 0 Å². The molecule has 0 aliphatic carbocycles. The van der Waals surface area contributed by atoms with Gasteiger partial charge in [-0.2, -0.15) is 0 Å². The van der Waals surface area contributed by atoms with Crippen molar-refractivity contribution >= 4 is 17.2 Å². The van der Waals surface area contributed by atoms with Crippen molar-refractivity contribution in [3.05, 3.63) is 52.0 Å². The van der Waals surface area contributed by atoms with Crippen LogP contribution in [-0.4, -0.2) is 35.4 Å². The zero-order valence-corrected chi connectivity index (χ0v) is 14.3. The number of aromatic nitrogens is 1. The first-order valence-electron chi connectivity index (χ1n) is 8.03. The van der Waals surface area contributed by atoms with Gasteiger partial charge in [-0.15, -0.1) is 11.3 Å². The van der Waals surface area contributed by atoms with E-state index < -0.39 is 0 Å². The van der Waals surface area contributed by atoms with E-state index in [1.54, 1.807) is 11.3 Å². The number of amides is 1. The Labute approximate surface area is 141 Å². The molecule has 2 aromatic rings. The highest BCUT2D eigenvalue weighted by Crippen LogP contribution is 2.29. The highest BCUT2D eigenvalue weighted by Gasteiger charge is 2.34. The second-order valence-electron chi connectivity index (χ2n) is 6.65. The summed E-state index contributed by atoms with van der Waals surface area (Å²) < 4.78 is 0. The van der Waals surface area contributed by atoms with Gasteiger partial charge in [-0.1, -0.05) is 37.3 Å². The van der Waals surface area contributed by atoms with Crippen LogP contribution in [0.3, 0.4) is 0 Å². The molecule has 5 heteroatoms. The van der Waals surface area contributed by atoms with E-state index >= 15 is 0 Å². The first-order valence-corrected chi connectivity index (χ1v) is 8.91. The summed E-state index contributed by atoms with van der Waals surface area (Å²) >= 11 is 1.63. The molecule has 1 aromatic heterocycles. The summed E-state index contributed by atoms with van der Waals surface area (Å²) in [5, 5.41) is 3.07. The van der Waals surface area contributed by atoms with Gasteiger partial charge in [-0.05, 0) is 23.9 Å². The molecule has 2 heterocycles. The highest BCUT2D eigenvalue weighted by atomic mass is 32.1. The lowest BCUT2D eigenvalue weighted by Crippen LogP contribution is -2.35. The molecule has 122 valence electrons. The van der Waals surface area contributed by atoms with Crippen LogP contribution >= 0.6 is 11.3 Å². The van der Waals surface area contributed by atoms with Gasteiger partial charge in [0.25, 0.3) is 0 Å². The Morgan fingerprint density at radius 3 is 2.87 bits per heavy atom. The minimum Gasteiger partial charge on any atom is -0.342 e. The van der Waals surface area contributed by atoms with Crippen molar-refractivity contribution in [3.63, 3.8) is 0 Å². The number of nitrogens with two attached hydrogens (primary N) is 1. The van der Waals surface area contributed by atoms with Crippen molar-refractivity contribution in [1.29, 1.82) is 0 Å². The quantitative estimate of drug-likeness (QED) is 0.917. The van der Waals surface area contributed by atoms with Crippen LogP contribution in [0.15, 0.2) is 35.7 Å². The van der Waals surface area contributed by atoms with Crippen molar-refractivity contribution in [2.45, 2.75) is 26.2 Å². The first-order chi connectivity index (χ1) is 11.1. The average Bonchev–Trinajstić information content (AvgIpc) is 3.16. The Balaban J connectivity index is 1.58. The predicted molar refractivity (Wildman–Crippen MR) is 93.4 cm³/mol. The summed E-state index contributed by atoms with van der Waals surface area (Å²) in [7, 11) is 0. The molecule has 0 bridgehead atoms. The van der Waals surface area contributed by atoms with E-state index in [0.29, 0.717) is 13.0 Å². The van der Waals surface area contributed by atoms with Crippen molar-refractivity contribution in [1.82, 2.24) is 9.88 Å². The maximum atomic E-state index is 12.4. The third kappa shape index (κ3) is 3.98. The van der Waals surface area contributed by atoms with E-state index in [-0.39, 0.29) is 11.3 Å². The molecule has 0 radical (unpaired) electrons. The third-order valence-corrected chi connectivity index (χ3v) is 5.43. The van der Waals surface area contributed by atoms with Crippen molar-refractivity contribution in [2.75, 3.05) is 19.6 Å². The van der Waals surface area contributed by atoms with E-state index in [2.05, 4.69) is 24.0 Å². The van der Waals surface area contributed by atoms with Gasteiger partial charge in [-0.25, -0.2) is 4.98 Å². The molecule has 23 heavy (non-hydrogen) atoms. The SMILES string of the molecule is CC1(CN)CCN(C(=O)Cc2csc(Cc3ccccc3)n2)C1. The number of carbonyl (C=O) groups is 1. The second-order valence-corrected chi connectivity index (χ2v) is 7.59. The number of benzene rings is 1. The van der Waals surface area contributed by atoms with Gasteiger partial charge in [0.2, 0.25) is 5.91 Å². The molecule has 1 saturated heterocycles. The van der Waals surface area contributed by atoms with Gasteiger partial charge in [0.1, 0.15) is 0 Å². The van der Waals surface area contributed by atoms with Crippen LogP contribution < -0.4 is 5.73 Å². The number of rotatable bonds is 5. The van der Waals surface area contributed by atoms with Gasteiger partial charge in [-0.3, -0.25) is 4.79 Å². The molecule has 2 N–H and O–H groups in total. The van der Waals surface area contributed by atoms with Crippen molar-refractivity contribution in [3.8, 4) is 0 Å². The molecule has 0 spiro atoms. The number of hydrogen-bond donors (Lipinski definition) is 1. The minimum atomic E-state index is 0.0796. The summed E-state index contributed by atoms with van der Waals surface area (Å²) in [5.41, 5.74) is 8.02. The molecule has 1 atom stereocenters. The third-order valence-electron chi connectivity index (χ3n) is 4.53. The fourth-order valence-corrected chi connectivity index (χ4v) is 3.78. The Morgan fingerprint density at radius 1 is 1.39 bits per heavy atom. The Morgan fingerprint density at radius 2 is 2.17 bits per heavy atom. The summed E-state index contributed by atoms with van der Waals surface area (Å²) in [5.74, 6) is 0.165. The molecular weight excluding hydrogens is 306 g/mol. The van der Waals surface area contributed by atoms with Crippen LogP contribution in [0, 0.1) is 5.41 Å². The molecule has 1 aliphatic heterocycles. The molecule has 1 unspecified atom stereocenters. The van der Waals surface area contributed by atoms with Gasteiger partial charge < -0.3 is 10.6 Å². The first kappa shape index (κ1) is 16.1. The summed E-state index contributed by atoms with van der Waals surface area (Å²) in [6.07, 6.45) is 2.21. The Hall–Kier alpha value is -1.72. The van der Waals surface area contributed by atoms with Gasteiger partial charge in [0.15, 0.2) is 0 Å². The minimum absolute atomic E-state index is 0.0796. The molecule has 1 aromatic carbocycles. The highest BCUT2D eigenvalue weighted by molar-refractivity contribution is 7.09. The van der Waals surface area contributed by atoms with Gasteiger partial charge >= 0.3 is 0 Å². The summed E-state index contributed by atoms with van der Waals surface area (Å²) in [4.78, 5) is 19.0. The smallest absolute Gasteiger partial charge is 0.228 e. The lowest BCUT2D eigenvalue weighted by Gasteiger charge is -2.22. The van der Waals surface area contributed by atoms with E-state index in [0.717, 1.165) is 36.6 Å². The second kappa shape index (κ2) is 6.81. The fraction of sp³-hybridized carbons (Fsp3) is 0.444. The lowest BCUT2D eigenvalue weighted by molar-refractivity contribution is -0.129. The molecule has 0 saturated carbocycles. The Bertz CT molecular complexity index is 670. The fourth-order valence-electron chi connectivity index (χ4n) is 2.95. The van der Waals surface area contributed by atoms with Crippen LogP contribution in [0.1, 0.15) is 29.6 Å². The standard InChI is InChI=1S/C18H23N3OS/c1-18(12-19)7-8-21(13-18)17(22)10-15-11-23-16(20-15)9-14-5-3-2-4-6-14/h2-6,11H,7-10,12-13,19H2,1H3. The zero-order chi connectivity index (χ0) is 16.3. The lowest BCUT2D eigenvalue weighted by atomic mass is 9.90. The van der Waals surface area contributed by atoms with Crippen LogP contribution in [-0.2, 0) is 17.6 Å². The number of likely N-dealkylation sites (tertiary alicyclic amines) is 1. The van der Waals surface area contributed by atoms with Gasteiger partial charge in [0.05, 0.1) is 17.1 Å². The van der Waals surface area contributed by atoms with E-state index in [1.165, 1.54) is 5.56 Å². The number of nitrogens with zero attached hydrogens (tertiary/aromatic N) is 2. The topological polar surface area (TPSA) is 59.2 Å². The number of thiazole rings is 1. The van der Waals surface area contributed by atoms with Crippen molar-refractivity contribution < 1.29 is 4.79 Å². The van der Waals surface area contributed by atoms with Crippen LogP contribution in [0.5, 0.6) is 0 Å². The van der Waals surface area contributed by atoms with Crippen LogP contribution in [0.2, 0.25) is 0 Å². The average molecular weight is 329 g/mol. The molecule has 1 fully saturated rings.